The molecule has 296 valence electrons. The number of esters is 2. The zero-order valence-electron chi connectivity index (χ0n) is 30.7. The van der Waals surface area contributed by atoms with E-state index in [2.05, 4.69) is 0 Å². The highest BCUT2D eigenvalue weighted by molar-refractivity contribution is 6.31. The van der Waals surface area contributed by atoms with Crippen molar-refractivity contribution >= 4 is 81.7 Å². The van der Waals surface area contributed by atoms with Crippen LogP contribution in [0.15, 0.2) is 97.1 Å². The fourth-order valence-electron chi connectivity index (χ4n) is 7.07. The van der Waals surface area contributed by atoms with E-state index in [1.54, 1.807) is 24.3 Å². The van der Waals surface area contributed by atoms with Gasteiger partial charge in [-0.3, -0.25) is 38.6 Å². The van der Waals surface area contributed by atoms with Crippen LogP contribution in [0.1, 0.15) is 54.3 Å². The van der Waals surface area contributed by atoms with Gasteiger partial charge in [0.15, 0.2) is 24.8 Å². The number of ether oxygens (including phenoxy) is 2. The smallest absolute Gasteiger partial charge is 0.338 e. The van der Waals surface area contributed by atoms with Crippen molar-refractivity contribution in [1.29, 1.82) is 0 Å². The molecule has 4 aromatic rings. The highest BCUT2D eigenvalue weighted by Gasteiger charge is 2.47. The van der Waals surface area contributed by atoms with Gasteiger partial charge >= 0.3 is 11.9 Å². The highest BCUT2D eigenvalue weighted by Crippen LogP contribution is 2.30. The summed E-state index contributed by atoms with van der Waals surface area (Å²) in [6.07, 6.45) is -0.0987. The largest absolute Gasteiger partial charge is 0.454 e. The maximum absolute atomic E-state index is 13.6. The minimum atomic E-state index is -0.744. The van der Waals surface area contributed by atoms with Crippen molar-refractivity contribution in [2.75, 3.05) is 49.2 Å². The summed E-state index contributed by atoms with van der Waals surface area (Å²) < 4.78 is 10.3. The van der Waals surface area contributed by atoms with Crippen LogP contribution in [0, 0.1) is 0 Å². The van der Waals surface area contributed by atoms with Crippen LogP contribution in [0.25, 0.3) is 0 Å². The number of carbonyl (C=O) groups excluding carboxylic acids is 8. The molecule has 0 bridgehead atoms. The molecule has 3 aliphatic rings. The van der Waals surface area contributed by atoms with Crippen LogP contribution in [0.4, 0.5) is 11.4 Å². The molecule has 3 aliphatic heterocycles. The topological polar surface area (TPSA) is 168 Å². The van der Waals surface area contributed by atoms with E-state index in [0.29, 0.717) is 47.4 Å². The molecule has 3 saturated heterocycles. The van der Waals surface area contributed by atoms with Crippen molar-refractivity contribution in [2.24, 2.45) is 0 Å². The molecule has 0 aromatic heterocycles. The lowest BCUT2D eigenvalue weighted by Gasteiger charge is -2.38. The molecule has 2 unspecified atom stereocenters. The molecular formula is C42H34Cl2N4O10. The van der Waals surface area contributed by atoms with Gasteiger partial charge in [-0.05, 0) is 97.1 Å². The molecule has 16 heteroatoms. The monoisotopic (exact) mass is 824 g/mol. The zero-order valence-corrected chi connectivity index (χ0v) is 32.2. The number of Topliss-reactive ketones (excluding diaryl/α,β-unsaturated/α-hetero) is 2. The molecule has 3 fully saturated rings. The standard InChI is InChI=1S/C42H34Cl2N4O10/c43-29-9-1-25(2-10-29)35(49)23-57-41(55)27-5-13-31(14-6-27)47-37(51)21-33(39(47)53)45-17-19-46(20-18-45)34-22-38(52)48(40(34)54)32-15-7-28(8-16-32)42(56)58-24-36(50)26-3-11-30(44)12-4-26/h1-16,33-34H,17-24H2. The normalized spacial score (nSPS) is 18.8. The molecule has 0 N–H and O–H groups in total. The van der Waals surface area contributed by atoms with E-state index in [4.69, 9.17) is 32.7 Å². The Hall–Kier alpha value is -6.06. The molecule has 0 radical (unpaired) electrons. The minimum Gasteiger partial charge on any atom is -0.454 e. The van der Waals surface area contributed by atoms with Crippen molar-refractivity contribution < 1.29 is 47.8 Å². The van der Waals surface area contributed by atoms with E-state index in [1.807, 2.05) is 9.80 Å². The number of imide groups is 2. The zero-order chi connectivity index (χ0) is 41.1. The predicted molar refractivity (Wildman–Crippen MR) is 210 cm³/mol. The first-order valence-corrected chi connectivity index (χ1v) is 19.0. The number of nitrogens with zero attached hydrogens (tertiary/aromatic N) is 4. The highest BCUT2D eigenvalue weighted by atomic mass is 35.5. The summed E-state index contributed by atoms with van der Waals surface area (Å²) in [5.74, 6) is -3.93. The van der Waals surface area contributed by atoms with Crippen molar-refractivity contribution in [3.05, 3.63) is 129 Å². The molecule has 2 atom stereocenters. The van der Waals surface area contributed by atoms with Gasteiger partial charge in [0.05, 0.1) is 47.4 Å². The van der Waals surface area contributed by atoms with E-state index < -0.39 is 72.4 Å². The average molecular weight is 826 g/mol. The van der Waals surface area contributed by atoms with Crippen LogP contribution in [0.2, 0.25) is 10.0 Å². The van der Waals surface area contributed by atoms with E-state index >= 15 is 0 Å². The average Bonchev–Trinajstić information content (AvgIpc) is 3.71. The second kappa shape index (κ2) is 17.2. The number of rotatable bonds is 12. The van der Waals surface area contributed by atoms with Gasteiger partial charge in [0.1, 0.15) is 0 Å². The van der Waals surface area contributed by atoms with Crippen LogP contribution in [0.5, 0.6) is 0 Å². The molecule has 0 spiro atoms. The van der Waals surface area contributed by atoms with Gasteiger partial charge in [0.25, 0.3) is 11.8 Å². The van der Waals surface area contributed by atoms with Gasteiger partial charge in [-0.15, -0.1) is 0 Å². The van der Waals surface area contributed by atoms with Gasteiger partial charge in [-0.2, -0.15) is 0 Å². The van der Waals surface area contributed by atoms with Crippen LogP contribution in [-0.2, 0) is 28.7 Å². The van der Waals surface area contributed by atoms with Crippen molar-refractivity contribution in [1.82, 2.24) is 9.80 Å². The van der Waals surface area contributed by atoms with Gasteiger partial charge < -0.3 is 9.47 Å². The number of halogens is 2. The third-order valence-electron chi connectivity index (χ3n) is 10.2. The summed E-state index contributed by atoms with van der Waals surface area (Å²) in [5, 5.41) is 0.936. The number of hydrogen-bond acceptors (Lipinski definition) is 12. The number of carbonyl (C=O) groups is 8. The number of piperazine rings is 1. The Labute approximate surface area is 341 Å². The molecule has 7 rings (SSSR count). The Bertz CT molecular complexity index is 2130. The maximum atomic E-state index is 13.6. The summed E-state index contributed by atoms with van der Waals surface area (Å²) in [5.41, 5.74) is 1.52. The molecular weight excluding hydrogens is 791 g/mol. The lowest BCUT2D eigenvalue weighted by molar-refractivity contribution is -0.126. The lowest BCUT2D eigenvalue weighted by atomic mass is 10.1. The van der Waals surface area contributed by atoms with E-state index in [9.17, 15) is 38.4 Å². The number of anilines is 2. The molecule has 4 amide bonds. The summed E-state index contributed by atoms with van der Waals surface area (Å²) in [6.45, 7) is 0.518. The molecule has 0 aliphatic carbocycles. The molecule has 3 heterocycles. The Morgan fingerprint density at radius 3 is 1.12 bits per heavy atom. The van der Waals surface area contributed by atoms with E-state index in [0.717, 1.165) is 9.80 Å². The predicted octanol–water partition coefficient (Wildman–Crippen LogP) is 4.65. The maximum Gasteiger partial charge on any atom is 0.338 e. The Balaban J connectivity index is 0.891. The van der Waals surface area contributed by atoms with Gasteiger partial charge in [0, 0.05) is 47.4 Å². The van der Waals surface area contributed by atoms with Crippen LogP contribution < -0.4 is 9.80 Å². The first-order valence-electron chi connectivity index (χ1n) is 18.2. The number of amides is 4. The van der Waals surface area contributed by atoms with Crippen LogP contribution in [0.3, 0.4) is 0 Å². The summed E-state index contributed by atoms with van der Waals surface area (Å²) in [7, 11) is 0. The summed E-state index contributed by atoms with van der Waals surface area (Å²) >= 11 is 11.7. The SMILES string of the molecule is O=C(COC(=O)c1ccc(N2C(=O)CC(N3CCN(C4CC(=O)N(c5ccc(C(=O)OCC(=O)c6ccc(Cl)cc6)cc5)C4=O)CC3)C2=O)cc1)c1ccc(Cl)cc1. The van der Waals surface area contributed by atoms with E-state index in [-0.39, 0.29) is 35.3 Å². The molecule has 58 heavy (non-hydrogen) atoms. The van der Waals surface area contributed by atoms with Crippen LogP contribution >= 0.6 is 23.2 Å². The van der Waals surface area contributed by atoms with Gasteiger partial charge in [0.2, 0.25) is 11.8 Å². The minimum absolute atomic E-state index is 0.0494. The van der Waals surface area contributed by atoms with Gasteiger partial charge in [-0.1, -0.05) is 23.2 Å². The molecule has 0 saturated carbocycles. The first kappa shape index (κ1) is 40.1. The molecule has 14 nitrogen and oxygen atoms in total. The third kappa shape index (κ3) is 8.60. The second-order valence-electron chi connectivity index (χ2n) is 13.8. The quantitative estimate of drug-likeness (QED) is 0.110. The number of benzene rings is 4. The first-order chi connectivity index (χ1) is 27.9. The fourth-order valence-corrected chi connectivity index (χ4v) is 7.32. The van der Waals surface area contributed by atoms with Crippen LogP contribution in [-0.4, -0.2) is 108 Å². The van der Waals surface area contributed by atoms with Crippen molar-refractivity contribution in [2.45, 2.75) is 24.9 Å². The van der Waals surface area contributed by atoms with Crippen molar-refractivity contribution in [3.8, 4) is 0 Å². The summed E-state index contributed by atoms with van der Waals surface area (Å²) in [4.78, 5) is 109. The summed E-state index contributed by atoms with van der Waals surface area (Å²) in [6, 6.07) is 22.4. The van der Waals surface area contributed by atoms with Crippen molar-refractivity contribution in [3.63, 3.8) is 0 Å². The Morgan fingerprint density at radius 1 is 0.483 bits per heavy atom. The third-order valence-corrected chi connectivity index (χ3v) is 10.7. The molecule has 4 aromatic carbocycles. The number of hydrogen-bond donors (Lipinski definition) is 0. The number of ketones is 2. The Morgan fingerprint density at radius 2 is 0.793 bits per heavy atom. The Kier molecular flexibility index (Phi) is 11.9. The second-order valence-corrected chi connectivity index (χ2v) is 14.6. The van der Waals surface area contributed by atoms with Gasteiger partial charge in [-0.25, -0.2) is 19.4 Å². The fraction of sp³-hybridized carbons (Fsp3) is 0.238. The lowest BCUT2D eigenvalue weighted by Crippen LogP contribution is -2.56. The van der Waals surface area contributed by atoms with E-state index in [1.165, 1.54) is 72.8 Å².